The van der Waals surface area contributed by atoms with Gasteiger partial charge >= 0.3 is 0 Å². The van der Waals surface area contributed by atoms with Crippen molar-refractivity contribution in [1.82, 2.24) is 19.9 Å². The smallest absolute Gasteiger partial charge is 0.254 e. The van der Waals surface area contributed by atoms with Crippen molar-refractivity contribution in [3.8, 4) is 0 Å². The fourth-order valence-corrected chi connectivity index (χ4v) is 5.58. The van der Waals surface area contributed by atoms with E-state index in [-0.39, 0.29) is 17.9 Å². The van der Waals surface area contributed by atoms with Gasteiger partial charge in [-0.1, -0.05) is 13.8 Å². The molecule has 1 fully saturated rings. The molecule has 8 heteroatoms. The molecule has 0 aliphatic carbocycles. The van der Waals surface area contributed by atoms with E-state index in [0.29, 0.717) is 36.8 Å². The zero-order valence-corrected chi connectivity index (χ0v) is 19.7. The van der Waals surface area contributed by atoms with Crippen LogP contribution in [0.4, 0.5) is 5.82 Å². The fourth-order valence-electron chi connectivity index (χ4n) is 4.72. The SMILES string of the molecule is Cc1nc2ccc(C(=O)N3CCC[C@H]3c3nc(C)c4c(n3)N(CC(C)C)C(=O)C4)cc2s1. The number of nitrogens with zero attached hydrogens (tertiary/aromatic N) is 5. The number of carbonyl (C=O) groups excluding carboxylic acids is 2. The van der Waals surface area contributed by atoms with Gasteiger partial charge < -0.3 is 4.90 Å². The molecule has 2 aliphatic heterocycles. The quantitative estimate of drug-likeness (QED) is 0.596. The van der Waals surface area contributed by atoms with Crippen LogP contribution in [-0.4, -0.2) is 44.8 Å². The summed E-state index contributed by atoms with van der Waals surface area (Å²) in [6.45, 7) is 9.43. The Bertz CT molecular complexity index is 1230. The first kappa shape index (κ1) is 21.0. The molecule has 3 aromatic rings. The summed E-state index contributed by atoms with van der Waals surface area (Å²) in [5.74, 6) is 1.80. The molecule has 1 saturated heterocycles. The number of thiazole rings is 1. The molecule has 0 radical (unpaired) electrons. The van der Waals surface area contributed by atoms with E-state index in [0.717, 1.165) is 45.1 Å². The molecule has 0 spiro atoms. The number of aromatic nitrogens is 3. The maximum Gasteiger partial charge on any atom is 0.254 e. The summed E-state index contributed by atoms with van der Waals surface area (Å²) in [6.07, 6.45) is 2.09. The van der Waals surface area contributed by atoms with Crippen LogP contribution in [0.5, 0.6) is 0 Å². The van der Waals surface area contributed by atoms with Gasteiger partial charge in [0.05, 0.1) is 27.7 Å². The highest BCUT2D eigenvalue weighted by molar-refractivity contribution is 7.18. The number of hydrogen-bond acceptors (Lipinski definition) is 6. The Kier molecular flexibility index (Phi) is 5.20. The zero-order chi connectivity index (χ0) is 22.6. The zero-order valence-electron chi connectivity index (χ0n) is 18.9. The molecule has 0 unspecified atom stereocenters. The van der Waals surface area contributed by atoms with E-state index in [4.69, 9.17) is 9.97 Å². The minimum absolute atomic E-state index is 0.00248. The third-order valence-corrected chi connectivity index (χ3v) is 7.13. The number of aryl methyl sites for hydroxylation is 2. The molecule has 0 saturated carbocycles. The van der Waals surface area contributed by atoms with Gasteiger partial charge in [-0.25, -0.2) is 15.0 Å². The minimum Gasteiger partial charge on any atom is -0.328 e. The molecule has 5 rings (SSSR count). The molecule has 166 valence electrons. The first-order chi connectivity index (χ1) is 15.3. The summed E-state index contributed by atoms with van der Waals surface area (Å²) in [7, 11) is 0. The lowest BCUT2D eigenvalue weighted by atomic mass is 10.1. The second-order valence-electron chi connectivity index (χ2n) is 9.12. The van der Waals surface area contributed by atoms with Crippen LogP contribution >= 0.6 is 11.3 Å². The van der Waals surface area contributed by atoms with Gasteiger partial charge in [-0.15, -0.1) is 11.3 Å². The van der Waals surface area contributed by atoms with Crippen molar-refractivity contribution < 1.29 is 9.59 Å². The second-order valence-corrected chi connectivity index (χ2v) is 10.4. The predicted molar refractivity (Wildman–Crippen MR) is 125 cm³/mol. The van der Waals surface area contributed by atoms with Gasteiger partial charge in [-0.3, -0.25) is 14.5 Å². The molecule has 2 aromatic heterocycles. The van der Waals surface area contributed by atoms with E-state index in [9.17, 15) is 9.59 Å². The minimum atomic E-state index is -0.179. The summed E-state index contributed by atoms with van der Waals surface area (Å²) in [5, 5.41) is 0.992. The van der Waals surface area contributed by atoms with Crippen LogP contribution in [0.1, 0.15) is 65.2 Å². The van der Waals surface area contributed by atoms with E-state index >= 15 is 0 Å². The van der Waals surface area contributed by atoms with Crippen LogP contribution in [-0.2, 0) is 11.2 Å². The molecule has 7 nitrogen and oxygen atoms in total. The average molecular weight is 450 g/mol. The lowest BCUT2D eigenvalue weighted by molar-refractivity contribution is -0.117. The fraction of sp³-hybridized carbons (Fsp3) is 0.458. The number of carbonyl (C=O) groups is 2. The monoisotopic (exact) mass is 449 g/mol. The molecule has 1 atom stereocenters. The van der Waals surface area contributed by atoms with Gasteiger partial charge in [0.25, 0.3) is 5.91 Å². The molecule has 0 bridgehead atoms. The molecular weight excluding hydrogens is 422 g/mol. The van der Waals surface area contributed by atoms with Crippen LogP contribution in [0.25, 0.3) is 10.2 Å². The molecule has 2 amide bonds. The lowest BCUT2D eigenvalue weighted by Gasteiger charge is -2.25. The van der Waals surface area contributed by atoms with Gasteiger partial charge in [0.2, 0.25) is 5.91 Å². The van der Waals surface area contributed by atoms with Crippen molar-refractivity contribution in [3.05, 3.63) is 45.9 Å². The topological polar surface area (TPSA) is 79.3 Å². The van der Waals surface area contributed by atoms with Crippen LogP contribution < -0.4 is 4.90 Å². The van der Waals surface area contributed by atoms with Crippen LogP contribution in [0, 0.1) is 19.8 Å². The van der Waals surface area contributed by atoms with Crippen LogP contribution in [0.15, 0.2) is 18.2 Å². The number of hydrogen-bond donors (Lipinski definition) is 0. The van der Waals surface area contributed by atoms with Crippen molar-refractivity contribution in [1.29, 1.82) is 0 Å². The molecule has 2 aliphatic rings. The average Bonchev–Trinajstić information content (AvgIpc) is 3.44. The molecule has 32 heavy (non-hydrogen) atoms. The van der Waals surface area contributed by atoms with Crippen molar-refractivity contribution in [3.63, 3.8) is 0 Å². The Balaban J connectivity index is 1.48. The van der Waals surface area contributed by atoms with Gasteiger partial charge in [0, 0.05) is 29.9 Å². The number of likely N-dealkylation sites (tertiary alicyclic amines) is 1. The van der Waals surface area contributed by atoms with Crippen molar-refractivity contribution >= 4 is 39.2 Å². The van der Waals surface area contributed by atoms with E-state index in [1.807, 2.05) is 36.9 Å². The Labute approximate surface area is 191 Å². The van der Waals surface area contributed by atoms with Crippen LogP contribution in [0.3, 0.4) is 0 Å². The van der Waals surface area contributed by atoms with E-state index in [1.165, 1.54) is 0 Å². The van der Waals surface area contributed by atoms with Gasteiger partial charge in [-0.2, -0.15) is 0 Å². The predicted octanol–water partition coefficient (Wildman–Crippen LogP) is 4.23. The lowest BCUT2D eigenvalue weighted by Crippen LogP contribution is -2.33. The maximum absolute atomic E-state index is 13.5. The number of benzene rings is 1. The van der Waals surface area contributed by atoms with Gasteiger partial charge in [-0.05, 0) is 50.8 Å². The van der Waals surface area contributed by atoms with Crippen molar-refractivity contribution in [2.24, 2.45) is 5.92 Å². The number of anilines is 1. The number of fused-ring (bicyclic) bond motifs is 2. The van der Waals surface area contributed by atoms with Gasteiger partial charge in [0.15, 0.2) is 5.82 Å². The number of amides is 2. The van der Waals surface area contributed by atoms with E-state index in [2.05, 4.69) is 18.8 Å². The normalized spacial score (nSPS) is 18.3. The maximum atomic E-state index is 13.5. The van der Waals surface area contributed by atoms with Crippen molar-refractivity contribution in [2.75, 3.05) is 18.0 Å². The Morgan fingerprint density at radius 3 is 2.81 bits per heavy atom. The van der Waals surface area contributed by atoms with Gasteiger partial charge in [0.1, 0.15) is 5.82 Å². The summed E-state index contributed by atoms with van der Waals surface area (Å²) >= 11 is 1.60. The largest absolute Gasteiger partial charge is 0.328 e. The van der Waals surface area contributed by atoms with Crippen molar-refractivity contribution in [2.45, 2.75) is 53.0 Å². The Hall–Kier alpha value is -2.87. The molecule has 0 N–H and O–H groups in total. The van der Waals surface area contributed by atoms with E-state index in [1.54, 1.807) is 16.2 Å². The highest BCUT2D eigenvalue weighted by Gasteiger charge is 2.36. The molecule has 4 heterocycles. The molecule has 1 aromatic carbocycles. The summed E-state index contributed by atoms with van der Waals surface area (Å²) in [6, 6.07) is 5.54. The third-order valence-electron chi connectivity index (χ3n) is 6.20. The third kappa shape index (κ3) is 3.56. The standard InChI is InChI=1S/C24H27N5O2S/c1-13(2)12-29-21(30)11-17-14(3)25-22(27-23(17)29)19-6-5-9-28(19)24(31)16-7-8-18-20(10-16)32-15(4)26-18/h7-8,10,13,19H,5-6,9,11-12H2,1-4H3/t19-/m0/s1. The molecular formula is C24H27N5O2S. The highest BCUT2D eigenvalue weighted by Crippen LogP contribution is 2.36. The van der Waals surface area contributed by atoms with Crippen LogP contribution in [0.2, 0.25) is 0 Å². The van der Waals surface area contributed by atoms with E-state index < -0.39 is 0 Å². The number of rotatable bonds is 4. The first-order valence-electron chi connectivity index (χ1n) is 11.2. The second kappa shape index (κ2) is 7.92. The highest BCUT2D eigenvalue weighted by atomic mass is 32.1. The first-order valence-corrected chi connectivity index (χ1v) is 12.0. The summed E-state index contributed by atoms with van der Waals surface area (Å²) in [5.41, 5.74) is 3.35. The summed E-state index contributed by atoms with van der Waals surface area (Å²) in [4.78, 5) is 43.8. The summed E-state index contributed by atoms with van der Waals surface area (Å²) < 4.78 is 1.02. The Morgan fingerprint density at radius 2 is 2.03 bits per heavy atom. The Morgan fingerprint density at radius 1 is 1.22 bits per heavy atom.